The van der Waals surface area contributed by atoms with E-state index in [1.165, 1.54) is 0 Å². The normalized spacial score (nSPS) is 17.2. The van der Waals surface area contributed by atoms with Gasteiger partial charge in [-0.3, -0.25) is 9.48 Å². The molecule has 3 aromatic heterocycles. The summed E-state index contributed by atoms with van der Waals surface area (Å²) in [5, 5.41) is 8.16. The highest BCUT2D eigenvalue weighted by Gasteiger charge is 2.29. The zero-order valence-electron chi connectivity index (χ0n) is 15.7. The molecule has 3 aromatic rings. The fourth-order valence-electron chi connectivity index (χ4n) is 3.60. The van der Waals surface area contributed by atoms with Gasteiger partial charge in [0.15, 0.2) is 5.65 Å². The maximum Gasteiger partial charge on any atom is 0.228 e. The van der Waals surface area contributed by atoms with Gasteiger partial charge in [-0.2, -0.15) is 5.10 Å². The molecule has 0 bridgehead atoms. The number of aromatic nitrogens is 5. The molecule has 9 heteroatoms. The number of hydrogen-bond donors (Lipinski definition) is 1. The van der Waals surface area contributed by atoms with E-state index in [0.717, 1.165) is 61.6 Å². The second kappa shape index (κ2) is 6.74. The highest BCUT2D eigenvalue weighted by molar-refractivity contribution is 5.93. The molecule has 2 fully saturated rings. The summed E-state index contributed by atoms with van der Waals surface area (Å²) in [7, 11) is 1.89. The predicted molar refractivity (Wildman–Crippen MR) is 106 cm³/mol. The summed E-state index contributed by atoms with van der Waals surface area (Å²) in [4.78, 5) is 29.6. The molecule has 1 aliphatic carbocycles. The van der Waals surface area contributed by atoms with Gasteiger partial charge in [0, 0.05) is 39.1 Å². The van der Waals surface area contributed by atoms with Crippen molar-refractivity contribution in [2.75, 3.05) is 41.3 Å². The third-order valence-electron chi connectivity index (χ3n) is 5.40. The van der Waals surface area contributed by atoms with Crippen molar-refractivity contribution in [3.8, 4) is 0 Å². The van der Waals surface area contributed by atoms with Crippen molar-refractivity contribution in [3.05, 3.63) is 30.9 Å². The second-order valence-corrected chi connectivity index (χ2v) is 7.34. The number of anilines is 3. The van der Waals surface area contributed by atoms with Crippen molar-refractivity contribution < 1.29 is 4.79 Å². The van der Waals surface area contributed by atoms with Crippen molar-refractivity contribution in [2.24, 2.45) is 13.0 Å². The average molecular weight is 378 g/mol. The summed E-state index contributed by atoms with van der Waals surface area (Å²) in [6.07, 6.45) is 7.25. The molecule has 0 unspecified atom stereocenters. The minimum atomic E-state index is 0.0837. The van der Waals surface area contributed by atoms with Crippen LogP contribution < -0.4 is 15.1 Å². The quantitative estimate of drug-likeness (QED) is 0.734. The fourth-order valence-corrected chi connectivity index (χ4v) is 3.60. The first kappa shape index (κ1) is 16.9. The Bertz CT molecular complexity index is 1000. The van der Waals surface area contributed by atoms with Gasteiger partial charge in [-0.1, -0.05) is 0 Å². The molecule has 0 atom stereocenters. The van der Waals surface area contributed by atoms with E-state index in [1.54, 1.807) is 11.0 Å². The molecule has 0 spiro atoms. The Labute approximate surface area is 162 Å². The Balaban J connectivity index is 1.24. The van der Waals surface area contributed by atoms with E-state index in [9.17, 15) is 4.79 Å². The first-order valence-corrected chi connectivity index (χ1v) is 9.58. The molecule has 0 radical (unpaired) electrons. The lowest BCUT2D eigenvalue weighted by atomic mass is 10.2. The van der Waals surface area contributed by atoms with Crippen LogP contribution in [-0.4, -0.2) is 56.8 Å². The number of nitrogens with zero attached hydrogens (tertiary/aromatic N) is 7. The molecule has 1 N–H and O–H groups in total. The summed E-state index contributed by atoms with van der Waals surface area (Å²) >= 11 is 0. The van der Waals surface area contributed by atoms with E-state index < -0.39 is 0 Å². The highest BCUT2D eigenvalue weighted by atomic mass is 16.2. The van der Waals surface area contributed by atoms with E-state index in [4.69, 9.17) is 0 Å². The van der Waals surface area contributed by atoms with E-state index in [2.05, 4.69) is 35.2 Å². The standard InChI is InChI=1S/C19H22N8O/c1-25-17-15(11-23-25)18(22-12-21-17)27-8-6-26(7-9-27)14-4-5-16(20-10-14)24-19(28)13-2-3-13/h4-5,10-13H,2-3,6-9H2,1H3,(H,20,24,28). The number of rotatable bonds is 4. The number of hydrogen-bond acceptors (Lipinski definition) is 7. The zero-order chi connectivity index (χ0) is 19.1. The van der Waals surface area contributed by atoms with E-state index in [-0.39, 0.29) is 11.8 Å². The van der Waals surface area contributed by atoms with E-state index >= 15 is 0 Å². The summed E-state index contributed by atoms with van der Waals surface area (Å²) < 4.78 is 1.77. The Morgan fingerprint density at radius 2 is 1.82 bits per heavy atom. The summed E-state index contributed by atoms with van der Waals surface area (Å²) in [5.74, 6) is 1.83. The van der Waals surface area contributed by atoms with Gasteiger partial charge in [-0.15, -0.1) is 0 Å². The van der Waals surface area contributed by atoms with Crippen LogP contribution in [0.4, 0.5) is 17.3 Å². The van der Waals surface area contributed by atoms with Crippen LogP contribution in [0, 0.1) is 5.92 Å². The number of carbonyl (C=O) groups is 1. The van der Waals surface area contributed by atoms with Crippen molar-refractivity contribution >= 4 is 34.3 Å². The lowest BCUT2D eigenvalue weighted by Gasteiger charge is -2.36. The predicted octanol–water partition coefficient (Wildman–Crippen LogP) is 1.43. The Morgan fingerprint density at radius 3 is 2.54 bits per heavy atom. The van der Waals surface area contributed by atoms with Gasteiger partial charge >= 0.3 is 0 Å². The lowest BCUT2D eigenvalue weighted by Crippen LogP contribution is -2.47. The Hall–Kier alpha value is -3.23. The van der Waals surface area contributed by atoms with Crippen LogP contribution in [0.2, 0.25) is 0 Å². The van der Waals surface area contributed by atoms with Gasteiger partial charge in [-0.25, -0.2) is 15.0 Å². The molecule has 144 valence electrons. The molecule has 4 heterocycles. The molecule has 28 heavy (non-hydrogen) atoms. The number of nitrogens with one attached hydrogen (secondary N) is 1. The molecular formula is C19H22N8O. The van der Waals surface area contributed by atoms with Crippen LogP contribution >= 0.6 is 0 Å². The number of fused-ring (bicyclic) bond motifs is 1. The van der Waals surface area contributed by atoms with Crippen LogP contribution in [0.25, 0.3) is 11.0 Å². The van der Waals surface area contributed by atoms with Crippen LogP contribution in [0.1, 0.15) is 12.8 Å². The molecule has 9 nitrogen and oxygen atoms in total. The van der Waals surface area contributed by atoms with Gasteiger partial charge in [0.1, 0.15) is 18.0 Å². The molecule has 1 amide bonds. The van der Waals surface area contributed by atoms with E-state index in [0.29, 0.717) is 5.82 Å². The van der Waals surface area contributed by atoms with Gasteiger partial charge in [0.05, 0.1) is 23.5 Å². The van der Waals surface area contributed by atoms with Crippen molar-refractivity contribution in [3.63, 3.8) is 0 Å². The van der Waals surface area contributed by atoms with Crippen molar-refractivity contribution in [1.82, 2.24) is 24.7 Å². The molecular weight excluding hydrogens is 356 g/mol. The number of carbonyl (C=O) groups excluding carboxylic acids is 1. The Kier molecular flexibility index (Phi) is 4.07. The molecule has 0 aromatic carbocycles. The molecule has 2 aliphatic rings. The van der Waals surface area contributed by atoms with Gasteiger partial charge in [-0.05, 0) is 25.0 Å². The molecule has 5 rings (SSSR count). The number of piperazine rings is 1. The molecule has 1 saturated carbocycles. The number of aryl methyl sites for hydroxylation is 1. The van der Waals surface area contributed by atoms with Gasteiger partial charge in [0.2, 0.25) is 5.91 Å². The molecule has 1 saturated heterocycles. The van der Waals surface area contributed by atoms with Crippen molar-refractivity contribution in [2.45, 2.75) is 12.8 Å². The fraction of sp³-hybridized carbons (Fsp3) is 0.421. The summed E-state index contributed by atoms with van der Waals surface area (Å²) in [5.41, 5.74) is 1.92. The monoisotopic (exact) mass is 378 g/mol. The van der Waals surface area contributed by atoms with E-state index in [1.807, 2.05) is 31.6 Å². The second-order valence-electron chi connectivity index (χ2n) is 7.34. The van der Waals surface area contributed by atoms with Crippen LogP contribution in [0.5, 0.6) is 0 Å². The van der Waals surface area contributed by atoms with Crippen LogP contribution in [0.15, 0.2) is 30.9 Å². The minimum Gasteiger partial charge on any atom is -0.367 e. The SMILES string of the molecule is Cn1ncc2c(N3CCN(c4ccc(NC(=O)C5CC5)nc4)CC3)ncnc21. The first-order valence-electron chi connectivity index (χ1n) is 9.58. The summed E-state index contributed by atoms with van der Waals surface area (Å²) in [6, 6.07) is 3.90. The number of amides is 1. The van der Waals surface area contributed by atoms with Gasteiger partial charge in [0.25, 0.3) is 0 Å². The van der Waals surface area contributed by atoms with Gasteiger partial charge < -0.3 is 15.1 Å². The topological polar surface area (TPSA) is 92.1 Å². The first-order chi connectivity index (χ1) is 13.7. The minimum absolute atomic E-state index is 0.0837. The average Bonchev–Trinajstić information content (AvgIpc) is 3.52. The maximum absolute atomic E-state index is 11.8. The molecule has 1 aliphatic heterocycles. The summed E-state index contributed by atoms with van der Waals surface area (Å²) in [6.45, 7) is 3.48. The Morgan fingerprint density at radius 1 is 1.04 bits per heavy atom. The largest absolute Gasteiger partial charge is 0.367 e. The zero-order valence-corrected chi connectivity index (χ0v) is 15.7. The smallest absolute Gasteiger partial charge is 0.228 e. The van der Waals surface area contributed by atoms with Crippen molar-refractivity contribution in [1.29, 1.82) is 0 Å². The third-order valence-corrected chi connectivity index (χ3v) is 5.40. The third kappa shape index (κ3) is 3.12. The maximum atomic E-state index is 11.8. The van der Waals surface area contributed by atoms with Crippen LogP contribution in [0.3, 0.4) is 0 Å². The van der Waals surface area contributed by atoms with Crippen LogP contribution in [-0.2, 0) is 11.8 Å². The number of pyridine rings is 1. The lowest BCUT2D eigenvalue weighted by molar-refractivity contribution is -0.117. The highest BCUT2D eigenvalue weighted by Crippen LogP contribution is 2.30.